The van der Waals surface area contributed by atoms with E-state index in [0.717, 1.165) is 11.9 Å². The topological polar surface area (TPSA) is 59.9 Å². The summed E-state index contributed by atoms with van der Waals surface area (Å²) in [6.45, 7) is 0. The van der Waals surface area contributed by atoms with Crippen molar-refractivity contribution in [1.82, 2.24) is 14.5 Å². The van der Waals surface area contributed by atoms with Gasteiger partial charge in [0.2, 0.25) is 0 Å². The summed E-state index contributed by atoms with van der Waals surface area (Å²) in [5.41, 5.74) is 3.65. The van der Waals surface area contributed by atoms with Gasteiger partial charge in [0.25, 0.3) is 5.56 Å². The lowest BCUT2D eigenvalue weighted by atomic mass is 10.1. The van der Waals surface area contributed by atoms with E-state index in [-0.39, 0.29) is 5.56 Å². The minimum Gasteiger partial charge on any atom is -0.495 e. The minimum atomic E-state index is -0.0842. The van der Waals surface area contributed by atoms with Crippen LogP contribution in [0.5, 0.6) is 5.75 Å². The molecule has 2 aromatic heterocycles. The van der Waals surface area contributed by atoms with Crippen LogP contribution in [-0.2, 0) is 12.8 Å². The maximum atomic E-state index is 13.5. The van der Waals surface area contributed by atoms with Crippen molar-refractivity contribution < 1.29 is 4.74 Å². The average Bonchev–Trinajstić information content (AvgIpc) is 3.21. The van der Waals surface area contributed by atoms with Crippen molar-refractivity contribution in [2.24, 2.45) is 0 Å². The highest BCUT2D eigenvalue weighted by Crippen LogP contribution is 2.24. The summed E-state index contributed by atoms with van der Waals surface area (Å²) in [5.74, 6) is 1.36. The van der Waals surface area contributed by atoms with Crippen LogP contribution in [0.4, 0.5) is 0 Å². The fraction of sp³-hybridized carbons (Fsp3) is 0.120. The molecule has 0 aliphatic rings. The Bertz CT molecular complexity index is 1420. The molecule has 0 unspecified atom stereocenters. The zero-order chi connectivity index (χ0) is 20.5. The van der Waals surface area contributed by atoms with Gasteiger partial charge in [0, 0.05) is 23.5 Å². The molecule has 5 heteroatoms. The van der Waals surface area contributed by atoms with Crippen molar-refractivity contribution in [2.45, 2.75) is 12.8 Å². The van der Waals surface area contributed by atoms with Crippen molar-refractivity contribution in [3.05, 3.63) is 101 Å². The van der Waals surface area contributed by atoms with E-state index in [1.54, 1.807) is 11.7 Å². The minimum absolute atomic E-state index is 0.0842. The number of aromatic nitrogens is 3. The van der Waals surface area contributed by atoms with E-state index in [1.165, 1.54) is 10.9 Å². The van der Waals surface area contributed by atoms with Gasteiger partial charge in [-0.1, -0.05) is 42.5 Å². The number of H-pyrrole nitrogens is 1. The van der Waals surface area contributed by atoms with Gasteiger partial charge in [-0.2, -0.15) is 0 Å². The van der Waals surface area contributed by atoms with Crippen molar-refractivity contribution in [3.8, 4) is 11.4 Å². The first kappa shape index (κ1) is 18.2. The molecule has 0 spiro atoms. The lowest BCUT2D eigenvalue weighted by Crippen LogP contribution is -2.24. The number of nitrogens with zero attached hydrogens (tertiary/aromatic N) is 2. The van der Waals surface area contributed by atoms with Crippen LogP contribution in [0, 0.1) is 0 Å². The van der Waals surface area contributed by atoms with Gasteiger partial charge >= 0.3 is 0 Å². The number of aryl methyl sites for hydroxylation is 2. The van der Waals surface area contributed by atoms with Gasteiger partial charge in [0.1, 0.15) is 11.6 Å². The third-order valence-electron chi connectivity index (χ3n) is 5.46. The number of nitrogens with one attached hydrogen (secondary N) is 1. The Balaban J connectivity index is 1.65. The summed E-state index contributed by atoms with van der Waals surface area (Å²) in [6, 6.07) is 23.3. The highest BCUT2D eigenvalue weighted by Gasteiger charge is 2.16. The highest BCUT2D eigenvalue weighted by molar-refractivity contribution is 5.83. The van der Waals surface area contributed by atoms with Crippen LogP contribution in [0.1, 0.15) is 11.4 Å². The van der Waals surface area contributed by atoms with E-state index in [1.807, 2.05) is 66.9 Å². The number of benzene rings is 3. The molecule has 0 saturated heterocycles. The van der Waals surface area contributed by atoms with Gasteiger partial charge < -0.3 is 9.72 Å². The monoisotopic (exact) mass is 395 g/mol. The van der Waals surface area contributed by atoms with Crippen LogP contribution >= 0.6 is 0 Å². The molecule has 0 aliphatic heterocycles. The van der Waals surface area contributed by atoms with Gasteiger partial charge in [-0.15, -0.1) is 0 Å². The first-order chi connectivity index (χ1) is 14.8. The second-order valence-electron chi connectivity index (χ2n) is 7.22. The highest BCUT2D eigenvalue weighted by atomic mass is 16.5. The van der Waals surface area contributed by atoms with Crippen LogP contribution in [0.2, 0.25) is 0 Å². The van der Waals surface area contributed by atoms with Crippen molar-refractivity contribution in [2.75, 3.05) is 7.11 Å². The van der Waals surface area contributed by atoms with Gasteiger partial charge in [-0.25, -0.2) is 4.98 Å². The molecule has 0 atom stereocenters. The standard InChI is InChI=1S/C25H21N3O2/c1-30-23-13-7-6-12-22(23)28-24(27-21-11-5-3-9-19(21)25(28)29)15-14-17-16-26-20-10-4-2-8-18(17)20/h2-13,16,26H,14-15H2,1H3. The molecule has 2 heterocycles. The molecule has 148 valence electrons. The fourth-order valence-corrected chi connectivity index (χ4v) is 3.99. The summed E-state index contributed by atoms with van der Waals surface area (Å²) in [7, 11) is 1.62. The Labute approximate surface area is 173 Å². The maximum absolute atomic E-state index is 13.5. The van der Waals surface area contributed by atoms with Gasteiger partial charge in [0.05, 0.1) is 23.7 Å². The molecule has 0 aliphatic carbocycles. The molecule has 1 N–H and O–H groups in total. The number of para-hydroxylation sites is 4. The summed E-state index contributed by atoms with van der Waals surface area (Å²) in [6.07, 6.45) is 3.43. The Morgan fingerprint density at radius 2 is 1.63 bits per heavy atom. The Kier molecular flexibility index (Phi) is 4.56. The number of methoxy groups -OCH3 is 1. The number of hydrogen-bond donors (Lipinski definition) is 1. The number of rotatable bonds is 5. The predicted molar refractivity (Wildman–Crippen MR) is 120 cm³/mol. The molecule has 5 nitrogen and oxygen atoms in total. The molecular formula is C25H21N3O2. The summed E-state index contributed by atoms with van der Waals surface area (Å²) < 4.78 is 7.23. The van der Waals surface area contributed by atoms with Crippen LogP contribution < -0.4 is 10.3 Å². The van der Waals surface area contributed by atoms with E-state index >= 15 is 0 Å². The van der Waals surface area contributed by atoms with Gasteiger partial charge in [-0.05, 0) is 42.3 Å². The average molecular weight is 395 g/mol. The lowest BCUT2D eigenvalue weighted by Gasteiger charge is -2.16. The lowest BCUT2D eigenvalue weighted by molar-refractivity contribution is 0.412. The predicted octanol–water partition coefficient (Wildman–Crippen LogP) is 4.66. The first-order valence-electron chi connectivity index (χ1n) is 9.95. The summed E-state index contributed by atoms with van der Waals surface area (Å²) >= 11 is 0. The summed E-state index contributed by atoms with van der Waals surface area (Å²) in [4.78, 5) is 21.6. The van der Waals surface area contributed by atoms with Crippen LogP contribution in [0.15, 0.2) is 83.8 Å². The molecule has 0 fully saturated rings. The summed E-state index contributed by atoms with van der Waals surface area (Å²) in [5, 5.41) is 1.80. The molecular weight excluding hydrogens is 374 g/mol. The molecule has 0 saturated carbocycles. The van der Waals surface area contributed by atoms with Crippen LogP contribution in [0.25, 0.3) is 27.5 Å². The Morgan fingerprint density at radius 3 is 2.50 bits per heavy atom. The second-order valence-corrected chi connectivity index (χ2v) is 7.22. The number of aromatic amines is 1. The number of hydrogen-bond acceptors (Lipinski definition) is 3. The third-order valence-corrected chi connectivity index (χ3v) is 5.46. The third kappa shape index (κ3) is 3.05. The van der Waals surface area contributed by atoms with E-state index in [4.69, 9.17) is 9.72 Å². The van der Waals surface area contributed by atoms with Crippen molar-refractivity contribution in [3.63, 3.8) is 0 Å². The van der Waals surface area contributed by atoms with E-state index in [0.29, 0.717) is 34.6 Å². The fourth-order valence-electron chi connectivity index (χ4n) is 3.99. The normalized spacial score (nSPS) is 11.2. The van der Waals surface area contributed by atoms with Gasteiger partial charge in [-0.3, -0.25) is 9.36 Å². The Hall–Kier alpha value is -3.86. The van der Waals surface area contributed by atoms with Crippen LogP contribution in [0.3, 0.4) is 0 Å². The van der Waals surface area contributed by atoms with Crippen molar-refractivity contribution >= 4 is 21.8 Å². The quantitative estimate of drug-likeness (QED) is 0.471. The maximum Gasteiger partial charge on any atom is 0.266 e. The van der Waals surface area contributed by atoms with Crippen molar-refractivity contribution in [1.29, 1.82) is 0 Å². The molecule has 0 bridgehead atoms. The van der Waals surface area contributed by atoms with E-state index < -0.39 is 0 Å². The molecule has 30 heavy (non-hydrogen) atoms. The van der Waals surface area contributed by atoms with Crippen LogP contribution in [-0.4, -0.2) is 21.6 Å². The molecule has 0 amide bonds. The smallest absolute Gasteiger partial charge is 0.266 e. The SMILES string of the molecule is COc1ccccc1-n1c(CCc2c[nH]c3ccccc23)nc2ccccc2c1=O. The number of ether oxygens (including phenoxy) is 1. The molecule has 3 aromatic carbocycles. The zero-order valence-corrected chi connectivity index (χ0v) is 16.6. The van der Waals surface area contributed by atoms with Gasteiger partial charge in [0.15, 0.2) is 0 Å². The second kappa shape index (κ2) is 7.52. The van der Waals surface area contributed by atoms with E-state index in [9.17, 15) is 4.79 Å². The zero-order valence-electron chi connectivity index (χ0n) is 16.6. The molecule has 0 radical (unpaired) electrons. The molecule has 5 aromatic rings. The first-order valence-corrected chi connectivity index (χ1v) is 9.95. The Morgan fingerprint density at radius 1 is 0.900 bits per heavy atom. The molecule has 5 rings (SSSR count). The number of fused-ring (bicyclic) bond motifs is 2. The largest absolute Gasteiger partial charge is 0.495 e. The van der Waals surface area contributed by atoms with E-state index in [2.05, 4.69) is 17.1 Å².